The summed E-state index contributed by atoms with van der Waals surface area (Å²) in [7, 11) is 0. The van der Waals surface area contributed by atoms with Crippen molar-refractivity contribution in [2.75, 3.05) is 0 Å². The van der Waals surface area contributed by atoms with Crippen molar-refractivity contribution in [3.8, 4) is 56.2 Å². The molecule has 0 radical (unpaired) electrons. The summed E-state index contributed by atoms with van der Waals surface area (Å²) in [5, 5.41) is 7.45. The second-order valence-electron chi connectivity index (χ2n) is 14.2. The van der Waals surface area contributed by atoms with Gasteiger partial charge in [-0.25, -0.2) is 9.97 Å². The van der Waals surface area contributed by atoms with Crippen LogP contribution in [0, 0.1) is 0 Å². The predicted molar refractivity (Wildman–Crippen MR) is 214 cm³/mol. The van der Waals surface area contributed by atoms with Gasteiger partial charge in [0.15, 0.2) is 5.82 Å². The molecule has 2 nitrogen and oxygen atoms in total. The molecule has 0 saturated carbocycles. The molecule has 0 atom stereocenters. The van der Waals surface area contributed by atoms with Crippen molar-refractivity contribution in [3.63, 3.8) is 0 Å². The molecule has 0 fully saturated rings. The van der Waals surface area contributed by atoms with Crippen LogP contribution in [-0.4, -0.2) is 9.97 Å². The van der Waals surface area contributed by atoms with Crippen LogP contribution in [0.3, 0.4) is 0 Å². The molecule has 0 aliphatic heterocycles. The Bertz CT molecular complexity index is 2830. The number of fused-ring (bicyclic) bond motifs is 7. The minimum Gasteiger partial charge on any atom is -0.228 e. The summed E-state index contributed by atoms with van der Waals surface area (Å²) >= 11 is 0. The van der Waals surface area contributed by atoms with Crippen LogP contribution in [-0.2, 0) is 5.41 Å². The van der Waals surface area contributed by atoms with Gasteiger partial charge in [-0.15, -0.1) is 0 Å². The highest BCUT2D eigenvalue weighted by Gasteiger charge is 2.35. The van der Waals surface area contributed by atoms with Crippen molar-refractivity contribution in [2.24, 2.45) is 0 Å². The molecular formula is C49H34N2. The number of hydrogen-bond acceptors (Lipinski definition) is 2. The number of rotatable bonds is 4. The Morgan fingerprint density at radius 3 is 1.86 bits per heavy atom. The number of aromatic nitrogens is 2. The average molecular weight is 651 g/mol. The first-order valence-electron chi connectivity index (χ1n) is 17.7. The molecule has 240 valence electrons. The van der Waals surface area contributed by atoms with Crippen molar-refractivity contribution in [1.29, 1.82) is 0 Å². The van der Waals surface area contributed by atoms with Gasteiger partial charge < -0.3 is 0 Å². The Labute approximate surface area is 297 Å². The second kappa shape index (κ2) is 11.3. The summed E-state index contributed by atoms with van der Waals surface area (Å²) in [6, 6.07) is 61.3. The molecule has 51 heavy (non-hydrogen) atoms. The van der Waals surface area contributed by atoms with E-state index in [1.165, 1.54) is 60.1 Å². The van der Waals surface area contributed by atoms with E-state index < -0.39 is 0 Å². The van der Waals surface area contributed by atoms with E-state index in [1.807, 2.05) is 6.07 Å². The van der Waals surface area contributed by atoms with Crippen LogP contribution >= 0.6 is 0 Å². The van der Waals surface area contributed by atoms with Gasteiger partial charge >= 0.3 is 0 Å². The lowest BCUT2D eigenvalue weighted by Crippen LogP contribution is -2.14. The molecule has 1 aliphatic carbocycles. The van der Waals surface area contributed by atoms with E-state index in [-0.39, 0.29) is 5.41 Å². The highest BCUT2D eigenvalue weighted by atomic mass is 14.9. The maximum Gasteiger partial charge on any atom is 0.160 e. The lowest BCUT2D eigenvalue weighted by molar-refractivity contribution is 0.660. The monoisotopic (exact) mass is 650 g/mol. The third-order valence-electron chi connectivity index (χ3n) is 10.9. The molecule has 1 aliphatic rings. The van der Waals surface area contributed by atoms with Gasteiger partial charge in [0, 0.05) is 22.1 Å². The first-order valence-corrected chi connectivity index (χ1v) is 17.7. The van der Waals surface area contributed by atoms with Crippen LogP contribution in [0.25, 0.3) is 88.5 Å². The van der Waals surface area contributed by atoms with Gasteiger partial charge in [0.2, 0.25) is 0 Å². The summed E-state index contributed by atoms with van der Waals surface area (Å²) in [5.74, 6) is 0.717. The van der Waals surface area contributed by atoms with Crippen molar-refractivity contribution >= 4 is 32.3 Å². The summed E-state index contributed by atoms with van der Waals surface area (Å²) in [6.07, 6.45) is 0. The van der Waals surface area contributed by atoms with Crippen LogP contribution in [0.5, 0.6) is 0 Å². The van der Waals surface area contributed by atoms with E-state index >= 15 is 0 Å². The van der Waals surface area contributed by atoms with Crippen LogP contribution in [0.2, 0.25) is 0 Å². The molecule has 2 heteroatoms. The summed E-state index contributed by atoms with van der Waals surface area (Å²) in [5.41, 5.74) is 12.6. The molecular weight excluding hydrogens is 617 g/mol. The van der Waals surface area contributed by atoms with E-state index in [1.54, 1.807) is 0 Å². The topological polar surface area (TPSA) is 25.8 Å². The predicted octanol–water partition coefficient (Wildman–Crippen LogP) is 12.9. The highest BCUT2D eigenvalue weighted by molar-refractivity contribution is 6.21. The molecule has 10 rings (SSSR count). The quantitative estimate of drug-likeness (QED) is 0.140. The summed E-state index contributed by atoms with van der Waals surface area (Å²) in [6.45, 7) is 4.66. The van der Waals surface area contributed by atoms with Crippen LogP contribution < -0.4 is 0 Å². The normalized spacial score (nSPS) is 13.1. The maximum atomic E-state index is 5.32. The maximum absolute atomic E-state index is 5.32. The van der Waals surface area contributed by atoms with Crippen molar-refractivity contribution in [3.05, 3.63) is 181 Å². The van der Waals surface area contributed by atoms with Gasteiger partial charge in [0.25, 0.3) is 0 Å². The van der Waals surface area contributed by atoms with Crippen LogP contribution in [0.15, 0.2) is 170 Å². The second-order valence-corrected chi connectivity index (χ2v) is 14.2. The van der Waals surface area contributed by atoms with Crippen LogP contribution in [0.4, 0.5) is 0 Å². The number of nitrogens with zero attached hydrogens (tertiary/aromatic N) is 2. The zero-order valence-electron chi connectivity index (χ0n) is 28.6. The fourth-order valence-electron chi connectivity index (χ4n) is 8.35. The molecule has 1 heterocycles. The summed E-state index contributed by atoms with van der Waals surface area (Å²) < 4.78 is 0. The van der Waals surface area contributed by atoms with Crippen molar-refractivity contribution < 1.29 is 0 Å². The lowest BCUT2D eigenvalue weighted by Gasteiger charge is -2.22. The van der Waals surface area contributed by atoms with Gasteiger partial charge in [0.05, 0.1) is 11.4 Å². The Balaban J connectivity index is 1.23. The molecule has 0 amide bonds. The molecule has 0 saturated heterocycles. The van der Waals surface area contributed by atoms with Crippen molar-refractivity contribution in [2.45, 2.75) is 19.3 Å². The van der Waals surface area contributed by atoms with E-state index in [2.05, 4.69) is 178 Å². The van der Waals surface area contributed by atoms with E-state index in [4.69, 9.17) is 9.97 Å². The van der Waals surface area contributed by atoms with Gasteiger partial charge in [-0.3, -0.25) is 0 Å². The molecule has 9 aromatic rings. The first-order chi connectivity index (χ1) is 25.0. The minimum atomic E-state index is -0.105. The fourth-order valence-corrected chi connectivity index (χ4v) is 8.35. The van der Waals surface area contributed by atoms with E-state index in [0.717, 1.165) is 39.5 Å². The largest absolute Gasteiger partial charge is 0.228 e. The smallest absolute Gasteiger partial charge is 0.160 e. The Morgan fingerprint density at radius 2 is 1.02 bits per heavy atom. The standard InChI is InChI=1S/C49H34N2/c1-49(2)43-23-13-12-20-37(43)38-26-25-34(29-44(38)49)45-30-46(51-48(50-45)32-15-4-3-5-16-32)39-21-10-11-22-40(39)47-36-19-9-7-17-33(36)28-42-35-18-8-6-14-31(35)24-27-41(42)47/h3-30H,1-2H3. The lowest BCUT2D eigenvalue weighted by atomic mass is 9.82. The van der Waals surface area contributed by atoms with E-state index in [9.17, 15) is 0 Å². The molecule has 0 unspecified atom stereocenters. The molecule has 8 aromatic carbocycles. The molecule has 0 spiro atoms. The van der Waals surface area contributed by atoms with Gasteiger partial charge in [-0.2, -0.15) is 0 Å². The van der Waals surface area contributed by atoms with Crippen LogP contribution in [0.1, 0.15) is 25.0 Å². The zero-order chi connectivity index (χ0) is 34.1. The minimum absolute atomic E-state index is 0.105. The number of hydrogen-bond donors (Lipinski definition) is 0. The van der Waals surface area contributed by atoms with Gasteiger partial charge in [-0.05, 0) is 83.9 Å². The summed E-state index contributed by atoms with van der Waals surface area (Å²) in [4.78, 5) is 10.6. The number of benzene rings is 8. The first kappa shape index (κ1) is 29.5. The Morgan fingerprint density at radius 1 is 0.373 bits per heavy atom. The molecule has 0 N–H and O–H groups in total. The molecule has 1 aromatic heterocycles. The zero-order valence-corrected chi connectivity index (χ0v) is 28.6. The third-order valence-corrected chi connectivity index (χ3v) is 10.9. The third kappa shape index (κ3) is 4.64. The van der Waals surface area contributed by atoms with Gasteiger partial charge in [-0.1, -0.05) is 166 Å². The SMILES string of the molecule is CC1(C)c2ccccc2-c2ccc(-c3cc(-c4ccccc4-c4c5ccccc5cc5c4ccc4ccccc45)nc(-c4ccccc4)n3)cc21. The van der Waals surface area contributed by atoms with E-state index in [0.29, 0.717) is 0 Å². The average Bonchev–Trinajstić information content (AvgIpc) is 3.42. The molecule has 0 bridgehead atoms. The van der Waals surface area contributed by atoms with Crippen molar-refractivity contribution in [1.82, 2.24) is 9.97 Å². The fraction of sp³-hybridized carbons (Fsp3) is 0.0612. The Kier molecular flexibility index (Phi) is 6.56. The Hall–Kier alpha value is -6.38. The van der Waals surface area contributed by atoms with Gasteiger partial charge in [0.1, 0.15) is 0 Å². The highest BCUT2D eigenvalue weighted by Crippen LogP contribution is 2.50.